The minimum atomic E-state index is -0.218. The smallest absolute Gasteiger partial charge is 0.262 e. The van der Waals surface area contributed by atoms with E-state index >= 15 is 0 Å². The van der Waals surface area contributed by atoms with E-state index in [0.29, 0.717) is 17.0 Å². The minimum absolute atomic E-state index is 0.0429. The number of ether oxygens (including phenoxy) is 1. The van der Waals surface area contributed by atoms with Gasteiger partial charge in [-0.15, -0.1) is 0 Å². The van der Waals surface area contributed by atoms with Gasteiger partial charge in [-0.1, -0.05) is 34.1 Å². The second kappa shape index (κ2) is 5.48. The Hall–Kier alpha value is -1.88. The van der Waals surface area contributed by atoms with Gasteiger partial charge in [0, 0.05) is 0 Å². The molecule has 0 saturated carbocycles. The average Bonchev–Trinajstić information content (AvgIpc) is 2.48. The van der Waals surface area contributed by atoms with Crippen LogP contribution in [0.5, 0.6) is 5.75 Å². The lowest BCUT2D eigenvalue weighted by Crippen LogP contribution is -2.25. The van der Waals surface area contributed by atoms with Gasteiger partial charge >= 0.3 is 0 Å². The molecule has 1 N–H and O–H groups in total. The number of rotatable bonds is 2. The van der Waals surface area contributed by atoms with Crippen LogP contribution in [0.4, 0.5) is 10.1 Å². The van der Waals surface area contributed by atoms with E-state index in [0.717, 1.165) is 11.1 Å². The summed E-state index contributed by atoms with van der Waals surface area (Å²) in [6.07, 6.45) is 0. The van der Waals surface area contributed by atoms with Gasteiger partial charge in [0.25, 0.3) is 5.91 Å². The Morgan fingerprint density at radius 3 is 2.71 bits per heavy atom. The highest BCUT2D eigenvalue weighted by Crippen LogP contribution is 2.36. The Labute approximate surface area is 130 Å². The molecule has 3 nitrogen and oxygen atoms in total. The van der Waals surface area contributed by atoms with Crippen LogP contribution in [-0.4, -0.2) is 12.5 Å². The van der Waals surface area contributed by atoms with Gasteiger partial charge in [-0.2, -0.15) is 0 Å². The van der Waals surface area contributed by atoms with Crippen molar-refractivity contribution in [2.24, 2.45) is 0 Å². The van der Waals surface area contributed by atoms with E-state index in [-0.39, 0.29) is 23.2 Å². The quantitative estimate of drug-likeness (QED) is 0.833. The van der Waals surface area contributed by atoms with Crippen molar-refractivity contribution in [3.63, 3.8) is 0 Å². The first-order valence-corrected chi connectivity index (χ1v) is 7.43. The first-order chi connectivity index (χ1) is 10.0. The Balaban J connectivity index is 1.94. The Kier molecular flexibility index (Phi) is 3.68. The molecule has 1 atom stereocenters. The van der Waals surface area contributed by atoms with E-state index in [2.05, 4.69) is 21.2 Å². The number of hydrogen-bond acceptors (Lipinski definition) is 2. The second-order valence-corrected chi connectivity index (χ2v) is 5.88. The maximum absolute atomic E-state index is 13.4. The van der Waals surface area contributed by atoms with Crippen LogP contribution in [0.1, 0.15) is 21.5 Å². The predicted molar refractivity (Wildman–Crippen MR) is 82.5 cm³/mol. The molecule has 1 amide bonds. The fraction of sp³-hybridized carbons (Fsp3) is 0.188. The molecule has 1 aliphatic heterocycles. The summed E-state index contributed by atoms with van der Waals surface area (Å²) < 4.78 is 18.7. The highest BCUT2D eigenvalue weighted by Gasteiger charge is 2.19. The van der Waals surface area contributed by atoms with Crippen molar-refractivity contribution in [2.75, 3.05) is 11.9 Å². The molecule has 0 spiro atoms. The van der Waals surface area contributed by atoms with Crippen LogP contribution < -0.4 is 10.1 Å². The van der Waals surface area contributed by atoms with E-state index in [4.69, 9.17) is 4.74 Å². The zero-order valence-electron chi connectivity index (χ0n) is 11.3. The number of aryl methyl sites for hydroxylation is 1. The summed E-state index contributed by atoms with van der Waals surface area (Å²) in [4.78, 5) is 11.3. The van der Waals surface area contributed by atoms with E-state index in [1.165, 1.54) is 6.07 Å². The molecule has 2 aromatic rings. The van der Waals surface area contributed by atoms with Crippen molar-refractivity contribution in [2.45, 2.75) is 11.8 Å². The fourth-order valence-electron chi connectivity index (χ4n) is 2.28. The van der Waals surface area contributed by atoms with Gasteiger partial charge in [-0.3, -0.25) is 4.79 Å². The van der Waals surface area contributed by atoms with Gasteiger partial charge in [0.1, 0.15) is 11.6 Å². The number of fused-ring (bicyclic) bond motifs is 1. The largest absolute Gasteiger partial charge is 0.482 e. The van der Waals surface area contributed by atoms with E-state index < -0.39 is 0 Å². The predicted octanol–water partition coefficient (Wildman–Crippen LogP) is 3.95. The summed E-state index contributed by atoms with van der Waals surface area (Å²) in [5.41, 5.74) is 3.18. The second-order valence-electron chi connectivity index (χ2n) is 4.96. The van der Waals surface area contributed by atoms with Crippen molar-refractivity contribution in [3.05, 3.63) is 58.9 Å². The molecule has 5 heteroatoms. The third kappa shape index (κ3) is 2.78. The van der Waals surface area contributed by atoms with Gasteiger partial charge in [-0.25, -0.2) is 4.39 Å². The zero-order chi connectivity index (χ0) is 15.0. The maximum Gasteiger partial charge on any atom is 0.262 e. The van der Waals surface area contributed by atoms with E-state index in [9.17, 15) is 9.18 Å². The molecule has 2 aromatic carbocycles. The molecular weight excluding hydrogens is 337 g/mol. The number of alkyl halides is 1. The van der Waals surface area contributed by atoms with Crippen LogP contribution in [0, 0.1) is 12.7 Å². The van der Waals surface area contributed by atoms with Crippen molar-refractivity contribution < 1.29 is 13.9 Å². The highest BCUT2D eigenvalue weighted by molar-refractivity contribution is 9.09. The Morgan fingerprint density at radius 2 is 1.95 bits per heavy atom. The molecule has 0 saturated heterocycles. The molecule has 0 aromatic heterocycles. The molecule has 3 rings (SSSR count). The lowest BCUT2D eigenvalue weighted by Gasteiger charge is -2.20. The van der Waals surface area contributed by atoms with Crippen LogP contribution in [0.25, 0.3) is 0 Å². The summed E-state index contributed by atoms with van der Waals surface area (Å²) >= 11 is 3.62. The van der Waals surface area contributed by atoms with Crippen LogP contribution in [0.3, 0.4) is 0 Å². The molecular formula is C16H13BrFNO2. The summed E-state index contributed by atoms with van der Waals surface area (Å²) in [6, 6.07) is 10.6. The summed E-state index contributed by atoms with van der Waals surface area (Å²) in [5.74, 6) is 0.279. The SMILES string of the molecule is Cc1cc(C(Br)c2ccc3c(c2)NC(=O)CO3)ccc1F. The summed E-state index contributed by atoms with van der Waals surface area (Å²) in [6.45, 7) is 1.78. The number of benzene rings is 2. The normalized spacial score (nSPS) is 14.9. The van der Waals surface area contributed by atoms with Crippen molar-refractivity contribution in [1.29, 1.82) is 0 Å². The Bertz CT molecular complexity index is 717. The van der Waals surface area contributed by atoms with Crippen LogP contribution in [0.15, 0.2) is 36.4 Å². The number of halogens is 2. The third-order valence-corrected chi connectivity index (χ3v) is 4.46. The lowest BCUT2D eigenvalue weighted by atomic mass is 10.0. The van der Waals surface area contributed by atoms with Gasteiger partial charge < -0.3 is 10.1 Å². The minimum Gasteiger partial charge on any atom is -0.482 e. The molecule has 0 radical (unpaired) electrons. The summed E-state index contributed by atoms with van der Waals surface area (Å²) in [7, 11) is 0. The molecule has 1 heterocycles. The van der Waals surface area contributed by atoms with Gasteiger partial charge in [0.15, 0.2) is 6.61 Å². The highest BCUT2D eigenvalue weighted by atomic mass is 79.9. The molecule has 0 aliphatic carbocycles. The number of hydrogen-bond donors (Lipinski definition) is 1. The molecule has 0 fully saturated rings. The lowest BCUT2D eigenvalue weighted by molar-refractivity contribution is -0.118. The molecule has 0 bridgehead atoms. The van der Waals surface area contributed by atoms with E-state index in [1.807, 2.05) is 24.3 Å². The number of amides is 1. The monoisotopic (exact) mass is 349 g/mol. The first kappa shape index (κ1) is 14.1. The van der Waals surface area contributed by atoms with Crippen LogP contribution in [0.2, 0.25) is 0 Å². The van der Waals surface area contributed by atoms with Gasteiger partial charge in [-0.05, 0) is 41.8 Å². The van der Waals surface area contributed by atoms with Gasteiger partial charge in [0.2, 0.25) is 0 Å². The first-order valence-electron chi connectivity index (χ1n) is 6.51. The van der Waals surface area contributed by atoms with Crippen LogP contribution >= 0.6 is 15.9 Å². The maximum atomic E-state index is 13.4. The van der Waals surface area contributed by atoms with Gasteiger partial charge in [0.05, 0.1) is 10.5 Å². The number of carbonyl (C=O) groups excluding carboxylic acids is 1. The zero-order valence-corrected chi connectivity index (χ0v) is 12.9. The fourth-order valence-corrected chi connectivity index (χ4v) is 2.85. The average molecular weight is 350 g/mol. The standard InChI is InChI=1S/C16H13BrFNO2/c1-9-6-10(2-4-12(9)18)16(17)11-3-5-14-13(7-11)19-15(20)8-21-14/h2-7,16H,8H2,1H3,(H,19,20). The number of anilines is 1. The van der Waals surface area contributed by atoms with Crippen LogP contribution in [-0.2, 0) is 4.79 Å². The number of nitrogens with one attached hydrogen (secondary N) is 1. The molecule has 1 aliphatic rings. The van der Waals surface area contributed by atoms with Crippen molar-refractivity contribution >= 4 is 27.5 Å². The Morgan fingerprint density at radius 1 is 1.24 bits per heavy atom. The molecule has 21 heavy (non-hydrogen) atoms. The topological polar surface area (TPSA) is 38.3 Å². The van der Waals surface area contributed by atoms with E-state index in [1.54, 1.807) is 13.0 Å². The van der Waals surface area contributed by atoms with Crippen molar-refractivity contribution in [1.82, 2.24) is 0 Å². The van der Waals surface area contributed by atoms with Crippen molar-refractivity contribution in [3.8, 4) is 5.75 Å². The molecule has 108 valence electrons. The molecule has 1 unspecified atom stereocenters. The summed E-state index contributed by atoms with van der Waals surface area (Å²) in [5, 5.41) is 2.78. The third-order valence-electron chi connectivity index (χ3n) is 3.40. The number of carbonyl (C=O) groups is 1.